The van der Waals surface area contributed by atoms with E-state index in [9.17, 15) is 18.0 Å². The third-order valence-corrected chi connectivity index (χ3v) is 4.02. The largest absolute Gasteiger partial charge is 0.416 e. The van der Waals surface area contributed by atoms with Gasteiger partial charge in [-0.05, 0) is 24.6 Å². The van der Waals surface area contributed by atoms with Gasteiger partial charge in [0, 0.05) is 12.1 Å². The van der Waals surface area contributed by atoms with Crippen LogP contribution in [0.4, 0.5) is 13.2 Å². The fourth-order valence-electron chi connectivity index (χ4n) is 2.58. The SMILES string of the molecule is CCCCCCCCCCCNC(=O)c1cccc(C(F)(F)F)c1. The highest BCUT2D eigenvalue weighted by atomic mass is 19.4. The van der Waals surface area contributed by atoms with Crippen LogP contribution in [0.2, 0.25) is 0 Å². The van der Waals surface area contributed by atoms with Gasteiger partial charge < -0.3 is 5.32 Å². The molecule has 0 fully saturated rings. The summed E-state index contributed by atoms with van der Waals surface area (Å²) in [5.74, 6) is -0.444. The van der Waals surface area contributed by atoms with Crippen LogP contribution in [0.25, 0.3) is 0 Å². The molecule has 0 saturated carbocycles. The second-order valence-corrected chi connectivity index (χ2v) is 6.16. The Balaban J connectivity index is 2.16. The summed E-state index contributed by atoms with van der Waals surface area (Å²) in [7, 11) is 0. The number of carbonyl (C=O) groups is 1. The lowest BCUT2D eigenvalue weighted by Crippen LogP contribution is -2.24. The normalized spacial score (nSPS) is 11.5. The van der Waals surface area contributed by atoms with Crippen LogP contribution in [0, 0.1) is 0 Å². The standard InChI is InChI=1S/C19H28F3NO/c1-2-3-4-5-6-7-8-9-10-14-23-18(24)16-12-11-13-17(15-16)19(20,21)22/h11-13,15H,2-10,14H2,1H3,(H,23,24). The first kappa shape index (κ1) is 20.5. The lowest BCUT2D eigenvalue weighted by molar-refractivity contribution is -0.137. The minimum atomic E-state index is -4.42. The van der Waals surface area contributed by atoms with Crippen molar-refractivity contribution in [3.05, 3.63) is 35.4 Å². The quantitative estimate of drug-likeness (QED) is 0.493. The first-order valence-electron chi connectivity index (χ1n) is 8.90. The monoisotopic (exact) mass is 343 g/mol. The first-order chi connectivity index (χ1) is 11.4. The molecule has 1 aromatic rings. The molecule has 0 spiro atoms. The molecule has 5 heteroatoms. The topological polar surface area (TPSA) is 29.1 Å². The van der Waals surface area contributed by atoms with Crippen LogP contribution in [-0.4, -0.2) is 12.5 Å². The fourth-order valence-corrected chi connectivity index (χ4v) is 2.58. The molecule has 1 N–H and O–H groups in total. The summed E-state index contributed by atoms with van der Waals surface area (Å²) in [6.45, 7) is 2.71. The third-order valence-electron chi connectivity index (χ3n) is 4.02. The van der Waals surface area contributed by atoms with Gasteiger partial charge in [-0.1, -0.05) is 64.4 Å². The van der Waals surface area contributed by atoms with E-state index in [1.54, 1.807) is 0 Å². The van der Waals surface area contributed by atoms with Gasteiger partial charge in [-0.25, -0.2) is 0 Å². The van der Waals surface area contributed by atoms with E-state index in [2.05, 4.69) is 12.2 Å². The Morgan fingerprint density at radius 2 is 1.54 bits per heavy atom. The molecule has 0 aromatic heterocycles. The molecule has 0 bridgehead atoms. The highest BCUT2D eigenvalue weighted by molar-refractivity contribution is 5.94. The van der Waals surface area contributed by atoms with Crippen LogP contribution < -0.4 is 5.32 Å². The highest BCUT2D eigenvalue weighted by Crippen LogP contribution is 2.29. The van der Waals surface area contributed by atoms with Crippen molar-refractivity contribution in [3.63, 3.8) is 0 Å². The van der Waals surface area contributed by atoms with Crippen LogP contribution >= 0.6 is 0 Å². The molecule has 1 aromatic carbocycles. The van der Waals surface area contributed by atoms with E-state index >= 15 is 0 Å². The summed E-state index contributed by atoms with van der Waals surface area (Å²) < 4.78 is 37.9. The van der Waals surface area contributed by atoms with Gasteiger partial charge in [0.15, 0.2) is 0 Å². The second kappa shape index (κ2) is 11.1. The van der Waals surface area contributed by atoms with Crippen LogP contribution in [-0.2, 0) is 6.18 Å². The zero-order valence-corrected chi connectivity index (χ0v) is 14.4. The molecule has 0 aliphatic rings. The Hall–Kier alpha value is -1.52. The zero-order valence-electron chi connectivity index (χ0n) is 14.4. The molecule has 0 heterocycles. The van der Waals surface area contributed by atoms with Gasteiger partial charge in [-0.2, -0.15) is 13.2 Å². The summed E-state index contributed by atoms with van der Waals surface area (Å²) in [5.41, 5.74) is -0.737. The maximum absolute atomic E-state index is 12.6. The predicted octanol–water partition coefficient (Wildman–Crippen LogP) is 5.97. The maximum Gasteiger partial charge on any atom is 0.416 e. The van der Waals surface area contributed by atoms with Gasteiger partial charge >= 0.3 is 6.18 Å². The summed E-state index contributed by atoms with van der Waals surface area (Å²) >= 11 is 0. The Bertz CT molecular complexity index is 486. The van der Waals surface area contributed by atoms with E-state index in [1.807, 2.05) is 0 Å². The van der Waals surface area contributed by atoms with E-state index in [-0.39, 0.29) is 5.56 Å². The smallest absolute Gasteiger partial charge is 0.352 e. The van der Waals surface area contributed by atoms with E-state index in [0.717, 1.165) is 31.4 Å². The van der Waals surface area contributed by atoms with Crippen LogP contribution in [0.3, 0.4) is 0 Å². The molecular formula is C19H28F3NO. The number of hydrogen-bond acceptors (Lipinski definition) is 1. The van der Waals surface area contributed by atoms with Gasteiger partial charge in [0.2, 0.25) is 0 Å². The van der Waals surface area contributed by atoms with Crippen molar-refractivity contribution in [2.75, 3.05) is 6.54 Å². The van der Waals surface area contributed by atoms with Gasteiger partial charge in [0.25, 0.3) is 5.91 Å². The van der Waals surface area contributed by atoms with Crippen molar-refractivity contribution in [2.45, 2.75) is 70.9 Å². The molecule has 136 valence electrons. The third kappa shape index (κ3) is 8.37. The maximum atomic E-state index is 12.6. The van der Waals surface area contributed by atoms with Crippen molar-refractivity contribution in [1.29, 1.82) is 0 Å². The number of unbranched alkanes of at least 4 members (excludes halogenated alkanes) is 8. The van der Waals surface area contributed by atoms with Crippen LogP contribution in [0.1, 0.15) is 80.6 Å². The molecule has 0 atom stereocenters. The predicted molar refractivity (Wildman–Crippen MR) is 91.0 cm³/mol. The van der Waals surface area contributed by atoms with Crippen molar-refractivity contribution < 1.29 is 18.0 Å². The summed E-state index contributed by atoms with van der Waals surface area (Å²) in [4.78, 5) is 11.9. The Kier molecular flexibility index (Phi) is 9.50. The Labute approximate surface area is 142 Å². The summed E-state index contributed by atoms with van der Waals surface area (Å²) in [6, 6.07) is 4.53. The average Bonchev–Trinajstić information content (AvgIpc) is 2.55. The van der Waals surface area contributed by atoms with Gasteiger partial charge in [0.05, 0.1) is 5.56 Å². The number of benzene rings is 1. The highest BCUT2D eigenvalue weighted by Gasteiger charge is 2.30. The number of hydrogen-bond donors (Lipinski definition) is 1. The van der Waals surface area contributed by atoms with Crippen molar-refractivity contribution in [1.82, 2.24) is 5.32 Å². The summed E-state index contributed by atoms with van der Waals surface area (Å²) in [6.07, 6.45) is 6.26. The lowest BCUT2D eigenvalue weighted by Gasteiger charge is -2.09. The van der Waals surface area contributed by atoms with E-state index < -0.39 is 17.6 Å². The van der Waals surface area contributed by atoms with Gasteiger partial charge in [0.1, 0.15) is 0 Å². The second-order valence-electron chi connectivity index (χ2n) is 6.16. The number of nitrogens with one attached hydrogen (secondary N) is 1. The Morgan fingerprint density at radius 3 is 2.12 bits per heavy atom. The fraction of sp³-hybridized carbons (Fsp3) is 0.632. The molecular weight excluding hydrogens is 315 g/mol. The van der Waals surface area contributed by atoms with Crippen LogP contribution in [0.5, 0.6) is 0 Å². The molecule has 24 heavy (non-hydrogen) atoms. The number of halogens is 3. The van der Waals surface area contributed by atoms with E-state index in [0.29, 0.717) is 6.54 Å². The van der Waals surface area contributed by atoms with Crippen molar-refractivity contribution in [2.24, 2.45) is 0 Å². The van der Waals surface area contributed by atoms with Gasteiger partial charge in [-0.3, -0.25) is 4.79 Å². The minimum Gasteiger partial charge on any atom is -0.352 e. The molecule has 1 amide bonds. The lowest BCUT2D eigenvalue weighted by atomic mass is 10.1. The number of amides is 1. The Morgan fingerprint density at radius 1 is 0.958 bits per heavy atom. The van der Waals surface area contributed by atoms with E-state index in [4.69, 9.17) is 0 Å². The molecule has 0 radical (unpaired) electrons. The van der Waals surface area contributed by atoms with Crippen molar-refractivity contribution >= 4 is 5.91 Å². The number of alkyl halides is 3. The molecule has 0 unspecified atom stereocenters. The number of carbonyl (C=O) groups excluding carboxylic acids is 1. The zero-order chi connectivity index (χ0) is 17.8. The summed E-state index contributed by atoms with van der Waals surface area (Å²) in [5, 5.41) is 2.69. The molecule has 1 rings (SSSR count). The molecule has 0 aliphatic heterocycles. The first-order valence-corrected chi connectivity index (χ1v) is 8.90. The molecule has 0 aliphatic carbocycles. The van der Waals surface area contributed by atoms with Crippen LogP contribution in [0.15, 0.2) is 24.3 Å². The number of rotatable bonds is 11. The minimum absolute atomic E-state index is 0.0562. The van der Waals surface area contributed by atoms with Crippen molar-refractivity contribution in [3.8, 4) is 0 Å². The molecule has 2 nitrogen and oxygen atoms in total. The molecule has 0 saturated heterocycles. The van der Waals surface area contributed by atoms with Gasteiger partial charge in [-0.15, -0.1) is 0 Å². The van der Waals surface area contributed by atoms with E-state index in [1.165, 1.54) is 50.7 Å². The average molecular weight is 343 g/mol.